The van der Waals surface area contributed by atoms with Gasteiger partial charge in [0.05, 0.1) is 34.7 Å². The predicted molar refractivity (Wildman–Crippen MR) is 129 cm³/mol. The van der Waals surface area contributed by atoms with Crippen LogP contribution < -0.4 is 10.4 Å². The highest BCUT2D eigenvalue weighted by molar-refractivity contribution is 8.00. The smallest absolute Gasteiger partial charge is 0.446 e. The fourth-order valence-electron chi connectivity index (χ4n) is 3.48. The minimum absolute atomic E-state index is 0.0454. The standard InChI is InChI=1S/C23H19F3N4O4S2/c1-15-21(31)30(17-7-9-18(10-8-17)35-23(24,25)26)22(32)29(15)14-16-11-12-27-13-20(16)28-36(33,34)19-5-3-2-4-6-19/h2-13,28,31H,14H2,1H3. The third kappa shape index (κ3) is 5.41. The third-order valence-electron chi connectivity index (χ3n) is 5.23. The average Bonchev–Trinajstić information content (AvgIpc) is 3.03. The van der Waals surface area contributed by atoms with Crippen molar-refractivity contribution in [2.45, 2.75) is 28.8 Å². The van der Waals surface area contributed by atoms with E-state index in [4.69, 9.17) is 0 Å². The maximum absolute atomic E-state index is 13.2. The number of aromatic nitrogens is 3. The molecule has 0 unspecified atom stereocenters. The zero-order valence-electron chi connectivity index (χ0n) is 18.6. The molecule has 0 amide bonds. The molecule has 36 heavy (non-hydrogen) atoms. The molecule has 0 saturated carbocycles. The molecular weight excluding hydrogens is 517 g/mol. The molecule has 4 aromatic rings. The van der Waals surface area contributed by atoms with Crippen LogP contribution in [0, 0.1) is 6.92 Å². The van der Waals surface area contributed by atoms with Crippen molar-refractivity contribution in [1.82, 2.24) is 14.1 Å². The number of thioether (sulfide) groups is 1. The summed E-state index contributed by atoms with van der Waals surface area (Å²) in [6.07, 6.45) is 2.74. The van der Waals surface area contributed by atoms with Crippen LogP contribution >= 0.6 is 11.8 Å². The number of alkyl halides is 3. The molecule has 0 spiro atoms. The van der Waals surface area contributed by atoms with Gasteiger partial charge in [0.15, 0.2) is 0 Å². The largest absolute Gasteiger partial charge is 0.493 e. The summed E-state index contributed by atoms with van der Waals surface area (Å²) in [5.41, 5.74) is -4.20. The van der Waals surface area contributed by atoms with Crippen LogP contribution in [0.3, 0.4) is 0 Å². The Bertz CT molecular complexity index is 1550. The minimum atomic E-state index is -4.45. The summed E-state index contributed by atoms with van der Waals surface area (Å²) in [7, 11) is -3.93. The van der Waals surface area contributed by atoms with Crippen LogP contribution in [0.1, 0.15) is 11.3 Å². The number of halogens is 3. The molecule has 2 N–H and O–H groups in total. The fraction of sp³-hybridized carbons (Fsp3) is 0.130. The summed E-state index contributed by atoms with van der Waals surface area (Å²) in [5.74, 6) is -0.392. The Morgan fingerprint density at radius 2 is 1.72 bits per heavy atom. The van der Waals surface area contributed by atoms with Crippen LogP contribution in [0.5, 0.6) is 5.88 Å². The first-order chi connectivity index (χ1) is 17.0. The van der Waals surface area contributed by atoms with Gasteiger partial charge in [0.1, 0.15) is 0 Å². The lowest BCUT2D eigenvalue weighted by Crippen LogP contribution is -2.25. The second-order valence-corrected chi connectivity index (χ2v) is 10.4. The van der Waals surface area contributed by atoms with Crippen molar-refractivity contribution >= 4 is 27.5 Å². The zero-order chi connectivity index (χ0) is 26.1. The Morgan fingerprint density at radius 3 is 2.36 bits per heavy atom. The monoisotopic (exact) mass is 536 g/mol. The van der Waals surface area contributed by atoms with Gasteiger partial charge in [-0.15, -0.1) is 0 Å². The number of nitrogens with one attached hydrogen (secondary N) is 1. The number of benzene rings is 2. The van der Waals surface area contributed by atoms with Crippen molar-refractivity contribution in [2.75, 3.05) is 4.72 Å². The van der Waals surface area contributed by atoms with Gasteiger partial charge < -0.3 is 5.11 Å². The van der Waals surface area contributed by atoms with E-state index in [-0.39, 0.29) is 45.2 Å². The number of sulfonamides is 1. The molecule has 2 aromatic carbocycles. The third-order valence-corrected chi connectivity index (χ3v) is 7.35. The topological polar surface area (TPSA) is 106 Å². The van der Waals surface area contributed by atoms with Crippen LogP contribution in [0.2, 0.25) is 0 Å². The average molecular weight is 537 g/mol. The van der Waals surface area contributed by atoms with E-state index in [9.17, 15) is 31.5 Å². The fourth-order valence-corrected chi connectivity index (χ4v) is 5.13. The van der Waals surface area contributed by atoms with Crippen molar-refractivity contribution in [2.24, 2.45) is 0 Å². The first-order valence-corrected chi connectivity index (χ1v) is 12.6. The molecule has 188 valence electrons. The summed E-state index contributed by atoms with van der Waals surface area (Å²) in [4.78, 5) is 17.1. The highest BCUT2D eigenvalue weighted by Gasteiger charge is 2.29. The van der Waals surface area contributed by atoms with Crippen LogP contribution in [-0.4, -0.2) is 33.2 Å². The van der Waals surface area contributed by atoms with E-state index in [2.05, 4.69) is 9.71 Å². The van der Waals surface area contributed by atoms with Crippen molar-refractivity contribution < 1.29 is 26.7 Å². The molecule has 0 bridgehead atoms. The zero-order valence-corrected chi connectivity index (χ0v) is 20.2. The molecule has 0 saturated heterocycles. The SMILES string of the molecule is Cc1c(O)n(-c2ccc(SC(F)(F)F)cc2)c(=O)n1Cc1ccncc1NS(=O)(=O)c1ccccc1. The second kappa shape index (κ2) is 9.74. The molecule has 0 aliphatic heterocycles. The van der Waals surface area contributed by atoms with Gasteiger partial charge in [-0.25, -0.2) is 17.8 Å². The quantitative estimate of drug-likeness (QED) is 0.337. The van der Waals surface area contributed by atoms with Gasteiger partial charge in [0.25, 0.3) is 10.0 Å². The Labute approximate surface area is 208 Å². The van der Waals surface area contributed by atoms with Gasteiger partial charge in [-0.3, -0.25) is 14.3 Å². The van der Waals surface area contributed by atoms with E-state index in [1.54, 1.807) is 18.2 Å². The van der Waals surface area contributed by atoms with E-state index >= 15 is 0 Å². The molecule has 0 atom stereocenters. The van der Waals surface area contributed by atoms with Crippen LogP contribution in [-0.2, 0) is 16.6 Å². The Kier molecular flexibility index (Phi) is 6.87. The lowest BCUT2D eigenvalue weighted by Gasteiger charge is -2.13. The van der Waals surface area contributed by atoms with Crippen molar-refractivity contribution in [1.29, 1.82) is 0 Å². The van der Waals surface area contributed by atoms with Crippen LogP contribution in [0.25, 0.3) is 5.69 Å². The molecule has 4 rings (SSSR count). The lowest BCUT2D eigenvalue weighted by molar-refractivity contribution is -0.0328. The van der Waals surface area contributed by atoms with E-state index in [0.717, 1.165) is 4.57 Å². The number of aromatic hydroxyl groups is 1. The van der Waals surface area contributed by atoms with Gasteiger partial charge in [0.2, 0.25) is 5.88 Å². The number of rotatable bonds is 7. The van der Waals surface area contributed by atoms with Gasteiger partial charge in [-0.1, -0.05) is 18.2 Å². The summed E-state index contributed by atoms with van der Waals surface area (Å²) in [6, 6.07) is 14.2. The number of anilines is 1. The molecular formula is C23H19F3N4O4S2. The van der Waals surface area contributed by atoms with Gasteiger partial charge in [0, 0.05) is 11.1 Å². The van der Waals surface area contributed by atoms with Crippen molar-refractivity contribution in [3.05, 3.63) is 94.8 Å². The molecule has 13 heteroatoms. The minimum Gasteiger partial charge on any atom is -0.493 e. The molecule has 8 nitrogen and oxygen atoms in total. The Hall–Kier alpha value is -3.71. The molecule has 0 aliphatic rings. The maximum Gasteiger partial charge on any atom is 0.446 e. The highest BCUT2D eigenvalue weighted by atomic mass is 32.2. The molecule has 0 radical (unpaired) electrons. The number of hydrogen-bond donors (Lipinski definition) is 2. The van der Waals surface area contributed by atoms with Gasteiger partial charge in [-0.2, -0.15) is 13.2 Å². The summed E-state index contributed by atoms with van der Waals surface area (Å²) >= 11 is -0.290. The van der Waals surface area contributed by atoms with Gasteiger partial charge in [-0.05, 0) is 66.7 Å². The van der Waals surface area contributed by atoms with Crippen LogP contribution in [0.15, 0.2) is 87.6 Å². The number of pyridine rings is 1. The van der Waals surface area contributed by atoms with Crippen molar-refractivity contribution in [3.63, 3.8) is 0 Å². The molecule has 2 aromatic heterocycles. The van der Waals surface area contributed by atoms with Gasteiger partial charge >= 0.3 is 11.2 Å². The molecule has 0 fully saturated rings. The first kappa shape index (κ1) is 25.4. The Morgan fingerprint density at radius 1 is 1.06 bits per heavy atom. The Balaban J connectivity index is 1.66. The maximum atomic E-state index is 13.2. The van der Waals surface area contributed by atoms with Crippen molar-refractivity contribution in [3.8, 4) is 11.6 Å². The van der Waals surface area contributed by atoms with E-state index in [1.807, 2.05) is 0 Å². The number of imidazole rings is 1. The summed E-state index contributed by atoms with van der Waals surface area (Å²) < 4.78 is 68.0. The van der Waals surface area contributed by atoms with E-state index < -0.39 is 27.1 Å². The second-order valence-electron chi connectivity index (χ2n) is 7.61. The predicted octanol–water partition coefficient (Wildman–Crippen LogP) is 4.51. The van der Waals surface area contributed by atoms with Crippen LogP contribution in [0.4, 0.5) is 18.9 Å². The van der Waals surface area contributed by atoms with E-state index in [1.165, 1.54) is 66.3 Å². The molecule has 0 aliphatic carbocycles. The molecule has 2 heterocycles. The normalized spacial score (nSPS) is 12.0. The lowest BCUT2D eigenvalue weighted by atomic mass is 10.2. The first-order valence-electron chi connectivity index (χ1n) is 10.3. The summed E-state index contributed by atoms with van der Waals surface area (Å²) in [5, 5.41) is 10.6. The van der Waals surface area contributed by atoms with E-state index in [0.29, 0.717) is 5.56 Å². The summed E-state index contributed by atoms with van der Waals surface area (Å²) in [6.45, 7) is 1.39. The highest BCUT2D eigenvalue weighted by Crippen LogP contribution is 2.37. The number of nitrogens with zero attached hydrogens (tertiary/aromatic N) is 3. The number of hydrogen-bond acceptors (Lipinski definition) is 6.